The topological polar surface area (TPSA) is 61.7 Å². The summed E-state index contributed by atoms with van der Waals surface area (Å²) in [5.41, 5.74) is 5.14. The number of rotatable bonds is 4. The molecule has 2 N–H and O–H groups in total. The average Bonchev–Trinajstić information content (AvgIpc) is 2.48. The van der Waals surface area contributed by atoms with Gasteiger partial charge in [-0.15, -0.1) is 0 Å². The molecule has 0 atom stereocenters. The van der Waals surface area contributed by atoms with Crippen LogP contribution in [0.4, 0.5) is 5.69 Å². The number of anilines is 1. The Balaban J connectivity index is 2.18. The van der Waals surface area contributed by atoms with Gasteiger partial charge in [-0.05, 0) is 42.8 Å². The second kappa shape index (κ2) is 6.61. The van der Waals surface area contributed by atoms with Gasteiger partial charge in [-0.1, -0.05) is 35.3 Å². The summed E-state index contributed by atoms with van der Waals surface area (Å²) in [5, 5.41) is 14.1. The van der Waals surface area contributed by atoms with Gasteiger partial charge in [0.05, 0.1) is 27.0 Å². The first-order chi connectivity index (χ1) is 9.97. The standard InChI is InChI=1S/C15H12Cl2N2O2/c1-9(10-5-6-13(16)14(17)8-10)18-19-12-4-2-3-11(7-12)15(20)21/h2-8,19H,1H3,(H,20,21)/b18-9-. The molecule has 4 nitrogen and oxygen atoms in total. The molecule has 0 aliphatic rings. The molecule has 0 aliphatic heterocycles. The Kier molecular flexibility index (Phi) is 4.83. The molecule has 0 saturated heterocycles. The fraction of sp³-hybridized carbons (Fsp3) is 0.0667. The van der Waals surface area contributed by atoms with Crippen molar-refractivity contribution in [2.75, 3.05) is 5.43 Å². The number of carboxylic acid groups (broad SMARTS) is 1. The summed E-state index contributed by atoms with van der Waals surface area (Å²) in [4.78, 5) is 10.9. The predicted octanol–water partition coefficient (Wildman–Crippen LogP) is 4.53. The predicted molar refractivity (Wildman–Crippen MR) is 85.7 cm³/mol. The third kappa shape index (κ3) is 3.97. The summed E-state index contributed by atoms with van der Waals surface area (Å²) in [5.74, 6) is -0.983. The van der Waals surface area contributed by atoms with Crippen LogP contribution in [0.1, 0.15) is 22.8 Å². The summed E-state index contributed by atoms with van der Waals surface area (Å²) in [7, 11) is 0. The van der Waals surface area contributed by atoms with Crippen LogP contribution in [0.2, 0.25) is 10.0 Å². The van der Waals surface area contributed by atoms with E-state index < -0.39 is 5.97 Å². The number of nitrogens with one attached hydrogen (secondary N) is 1. The molecule has 0 amide bonds. The number of hydrogen-bond acceptors (Lipinski definition) is 3. The largest absolute Gasteiger partial charge is 0.478 e. The van der Waals surface area contributed by atoms with Gasteiger partial charge in [-0.3, -0.25) is 5.43 Å². The number of aromatic carboxylic acids is 1. The molecular weight excluding hydrogens is 311 g/mol. The molecule has 0 unspecified atom stereocenters. The zero-order chi connectivity index (χ0) is 15.4. The minimum absolute atomic E-state index is 0.197. The molecule has 2 aromatic carbocycles. The van der Waals surface area contributed by atoms with Crippen molar-refractivity contribution in [3.05, 3.63) is 63.6 Å². The second-order valence-electron chi connectivity index (χ2n) is 4.32. The lowest BCUT2D eigenvalue weighted by atomic mass is 10.1. The molecule has 0 aliphatic carbocycles. The minimum Gasteiger partial charge on any atom is -0.478 e. The lowest BCUT2D eigenvalue weighted by molar-refractivity contribution is 0.0697. The first kappa shape index (κ1) is 15.4. The van der Waals surface area contributed by atoms with E-state index in [1.165, 1.54) is 12.1 Å². The van der Waals surface area contributed by atoms with Crippen molar-refractivity contribution in [3.8, 4) is 0 Å². The molecule has 0 saturated carbocycles. The van der Waals surface area contributed by atoms with Crippen LogP contribution in [0.3, 0.4) is 0 Å². The van der Waals surface area contributed by atoms with Gasteiger partial charge >= 0.3 is 5.97 Å². The van der Waals surface area contributed by atoms with Crippen LogP contribution in [-0.2, 0) is 0 Å². The smallest absolute Gasteiger partial charge is 0.335 e. The fourth-order valence-electron chi connectivity index (χ4n) is 1.66. The summed E-state index contributed by atoms with van der Waals surface area (Å²) >= 11 is 11.8. The van der Waals surface area contributed by atoms with Crippen molar-refractivity contribution in [1.29, 1.82) is 0 Å². The molecule has 0 radical (unpaired) electrons. The molecule has 0 aromatic heterocycles. The number of carboxylic acids is 1. The van der Waals surface area contributed by atoms with Gasteiger partial charge in [0.2, 0.25) is 0 Å². The molecule has 0 bridgehead atoms. The van der Waals surface area contributed by atoms with Crippen molar-refractivity contribution in [3.63, 3.8) is 0 Å². The summed E-state index contributed by atoms with van der Waals surface area (Å²) in [6, 6.07) is 11.6. The van der Waals surface area contributed by atoms with Gasteiger partial charge in [0, 0.05) is 0 Å². The van der Waals surface area contributed by atoms with Gasteiger partial charge < -0.3 is 5.11 Å². The van der Waals surface area contributed by atoms with E-state index in [1.54, 1.807) is 24.3 Å². The van der Waals surface area contributed by atoms with Crippen molar-refractivity contribution in [2.24, 2.45) is 5.10 Å². The van der Waals surface area contributed by atoms with Gasteiger partial charge in [-0.2, -0.15) is 5.10 Å². The summed E-state index contributed by atoms with van der Waals surface area (Å²) in [6.07, 6.45) is 0. The molecule has 21 heavy (non-hydrogen) atoms. The number of carbonyl (C=O) groups is 1. The monoisotopic (exact) mass is 322 g/mol. The number of hydrogen-bond donors (Lipinski definition) is 2. The number of hydrazone groups is 1. The van der Waals surface area contributed by atoms with Gasteiger partial charge in [-0.25, -0.2) is 4.79 Å². The van der Waals surface area contributed by atoms with Crippen molar-refractivity contribution in [2.45, 2.75) is 6.92 Å². The molecule has 6 heteroatoms. The van der Waals surface area contributed by atoms with E-state index in [4.69, 9.17) is 28.3 Å². The van der Waals surface area contributed by atoms with Crippen LogP contribution in [0, 0.1) is 0 Å². The Bertz CT molecular complexity index is 715. The highest BCUT2D eigenvalue weighted by atomic mass is 35.5. The highest BCUT2D eigenvalue weighted by molar-refractivity contribution is 6.42. The van der Waals surface area contributed by atoms with E-state index in [1.807, 2.05) is 13.0 Å². The van der Waals surface area contributed by atoms with Crippen molar-refractivity contribution < 1.29 is 9.90 Å². The van der Waals surface area contributed by atoms with Gasteiger partial charge in [0.1, 0.15) is 0 Å². The van der Waals surface area contributed by atoms with Crippen molar-refractivity contribution >= 4 is 40.6 Å². The molecule has 2 rings (SSSR count). The molecular formula is C15H12Cl2N2O2. The van der Waals surface area contributed by atoms with Crippen LogP contribution in [-0.4, -0.2) is 16.8 Å². The maximum Gasteiger partial charge on any atom is 0.335 e. The SMILES string of the molecule is C/C(=N/Nc1cccc(C(=O)O)c1)c1ccc(Cl)c(Cl)c1. The molecule has 2 aromatic rings. The highest BCUT2D eigenvalue weighted by Crippen LogP contribution is 2.23. The van der Waals surface area contributed by atoms with Crippen LogP contribution >= 0.6 is 23.2 Å². The van der Waals surface area contributed by atoms with Crippen LogP contribution in [0.15, 0.2) is 47.6 Å². The third-order valence-corrected chi connectivity index (χ3v) is 3.54. The molecule has 0 spiro atoms. The van der Waals surface area contributed by atoms with E-state index in [-0.39, 0.29) is 5.56 Å². The third-order valence-electron chi connectivity index (χ3n) is 2.80. The van der Waals surface area contributed by atoms with E-state index in [0.717, 1.165) is 5.56 Å². The van der Waals surface area contributed by atoms with Crippen LogP contribution in [0.5, 0.6) is 0 Å². The summed E-state index contributed by atoms with van der Waals surface area (Å²) in [6.45, 7) is 1.81. The van der Waals surface area contributed by atoms with E-state index >= 15 is 0 Å². The number of halogens is 2. The van der Waals surface area contributed by atoms with Gasteiger partial charge in [0.15, 0.2) is 0 Å². The molecule has 108 valence electrons. The Morgan fingerprint density at radius 3 is 2.52 bits per heavy atom. The van der Waals surface area contributed by atoms with Crippen LogP contribution in [0.25, 0.3) is 0 Å². The number of nitrogens with zero attached hydrogens (tertiary/aromatic N) is 1. The van der Waals surface area contributed by atoms with E-state index in [9.17, 15) is 4.79 Å². The summed E-state index contributed by atoms with van der Waals surface area (Å²) < 4.78 is 0. The Morgan fingerprint density at radius 1 is 1.10 bits per heavy atom. The Labute approximate surface area is 132 Å². The maximum absolute atomic E-state index is 10.9. The normalized spacial score (nSPS) is 11.3. The quantitative estimate of drug-likeness (QED) is 0.642. The zero-order valence-electron chi connectivity index (χ0n) is 11.1. The van der Waals surface area contributed by atoms with Crippen molar-refractivity contribution in [1.82, 2.24) is 0 Å². The van der Waals surface area contributed by atoms with E-state index in [2.05, 4.69) is 10.5 Å². The molecule has 0 fully saturated rings. The zero-order valence-corrected chi connectivity index (χ0v) is 12.6. The first-order valence-corrected chi connectivity index (χ1v) is 6.82. The fourth-order valence-corrected chi connectivity index (χ4v) is 1.95. The maximum atomic E-state index is 10.9. The lowest BCUT2D eigenvalue weighted by Crippen LogP contribution is -2.01. The lowest BCUT2D eigenvalue weighted by Gasteiger charge is -2.05. The van der Waals surface area contributed by atoms with Gasteiger partial charge in [0.25, 0.3) is 0 Å². The number of benzene rings is 2. The van der Waals surface area contributed by atoms with E-state index in [0.29, 0.717) is 21.4 Å². The average molecular weight is 323 g/mol. The Morgan fingerprint density at radius 2 is 1.86 bits per heavy atom. The first-order valence-electron chi connectivity index (χ1n) is 6.06. The Hall–Kier alpha value is -2.04. The van der Waals surface area contributed by atoms with Crippen LogP contribution < -0.4 is 5.43 Å². The second-order valence-corrected chi connectivity index (χ2v) is 5.14. The minimum atomic E-state index is -0.983. The highest BCUT2D eigenvalue weighted by Gasteiger charge is 2.04. The molecule has 0 heterocycles.